The second-order valence-corrected chi connectivity index (χ2v) is 5.10. The van der Waals surface area contributed by atoms with E-state index in [4.69, 9.17) is 10.5 Å². The number of hydrogen-bond acceptors (Lipinski definition) is 5. The minimum absolute atomic E-state index is 0.408. The molecule has 0 saturated carbocycles. The molecule has 6 nitrogen and oxygen atoms in total. The lowest BCUT2D eigenvalue weighted by molar-refractivity contribution is 0.0530. The maximum absolute atomic E-state index is 11.4. The van der Waals surface area contributed by atoms with E-state index in [1.165, 1.54) is 0 Å². The Kier molecular flexibility index (Phi) is 5.57. The molecule has 1 rings (SSSR count). The van der Waals surface area contributed by atoms with Crippen LogP contribution in [-0.4, -0.2) is 29.8 Å². The van der Waals surface area contributed by atoms with Crippen LogP contribution < -0.4 is 16.4 Å². The number of hydrogen-bond donors (Lipinski definition) is 3. The number of ether oxygens (including phenoxy) is 1. The molecule has 0 spiro atoms. The zero-order valence-corrected chi connectivity index (χ0v) is 11.7. The van der Waals surface area contributed by atoms with Gasteiger partial charge in [0.1, 0.15) is 5.60 Å². The molecule has 0 atom stereocenters. The van der Waals surface area contributed by atoms with Gasteiger partial charge in [0.25, 0.3) is 0 Å². The number of aromatic nitrogens is 1. The van der Waals surface area contributed by atoms with E-state index in [0.29, 0.717) is 19.6 Å². The third-order valence-electron chi connectivity index (χ3n) is 2.15. The van der Waals surface area contributed by atoms with Crippen molar-refractivity contribution >= 4 is 11.8 Å². The molecule has 0 aliphatic rings. The Hall–Kier alpha value is -1.82. The molecule has 6 heteroatoms. The highest BCUT2D eigenvalue weighted by Gasteiger charge is 2.15. The fraction of sp³-hybridized carbons (Fsp3) is 0.538. The monoisotopic (exact) mass is 266 g/mol. The van der Waals surface area contributed by atoms with Crippen molar-refractivity contribution in [1.29, 1.82) is 0 Å². The van der Waals surface area contributed by atoms with Crippen molar-refractivity contribution in [3.8, 4) is 0 Å². The highest BCUT2D eigenvalue weighted by Crippen LogP contribution is 2.07. The largest absolute Gasteiger partial charge is 0.444 e. The SMILES string of the molecule is CC(C)(C)OC(=O)NCCNc1ccnc(CN)c1. The fourth-order valence-electron chi connectivity index (χ4n) is 1.39. The van der Waals surface area contributed by atoms with Gasteiger partial charge in [-0.1, -0.05) is 0 Å². The minimum atomic E-state index is -0.474. The molecule has 4 N–H and O–H groups in total. The van der Waals surface area contributed by atoms with E-state index in [-0.39, 0.29) is 0 Å². The molecule has 0 radical (unpaired) electrons. The van der Waals surface area contributed by atoms with E-state index in [1.807, 2.05) is 32.9 Å². The number of nitrogens with zero attached hydrogens (tertiary/aromatic N) is 1. The fourth-order valence-corrected chi connectivity index (χ4v) is 1.39. The van der Waals surface area contributed by atoms with Gasteiger partial charge >= 0.3 is 6.09 Å². The summed E-state index contributed by atoms with van der Waals surface area (Å²) in [5.74, 6) is 0. The Morgan fingerprint density at radius 1 is 1.42 bits per heavy atom. The minimum Gasteiger partial charge on any atom is -0.444 e. The van der Waals surface area contributed by atoms with Crippen LogP contribution in [0.2, 0.25) is 0 Å². The number of anilines is 1. The molecule has 1 amide bonds. The van der Waals surface area contributed by atoms with Gasteiger partial charge in [0, 0.05) is 31.5 Å². The lowest BCUT2D eigenvalue weighted by atomic mass is 10.2. The van der Waals surface area contributed by atoms with E-state index in [9.17, 15) is 4.79 Å². The van der Waals surface area contributed by atoms with Gasteiger partial charge in [-0.3, -0.25) is 4.98 Å². The first-order valence-electron chi connectivity index (χ1n) is 6.26. The second-order valence-electron chi connectivity index (χ2n) is 5.10. The van der Waals surface area contributed by atoms with Crippen molar-refractivity contribution in [3.63, 3.8) is 0 Å². The van der Waals surface area contributed by atoms with Crippen molar-refractivity contribution in [2.75, 3.05) is 18.4 Å². The van der Waals surface area contributed by atoms with Crippen LogP contribution in [0.5, 0.6) is 0 Å². The Labute approximate surface area is 113 Å². The van der Waals surface area contributed by atoms with Crippen LogP contribution >= 0.6 is 0 Å². The van der Waals surface area contributed by atoms with Crippen molar-refractivity contribution < 1.29 is 9.53 Å². The quantitative estimate of drug-likeness (QED) is 0.702. The molecular formula is C13H22N4O2. The number of amides is 1. The summed E-state index contributed by atoms with van der Waals surface area (Å²) in [6.07, 6.45) is 1.29. The first-order valence-corrected chi connectivity index (χ1v) is 6.26. The number of carbonyl (C=O) groups is 1. The number of rotatable bonds is 5. The van der Waals surface area contributed by atoms with E-state index >= 15 is 0 Å². The molecule has 1 aromatic rings. The smallest absolute Gasteiger partial charge is 0.407 e. The van der Waals surface area contributed by atoms with Crippen LogP contribution in [0.15, 0.2) is 18.3 Å². The highest BCUT2D eigenvalue weighted by molar-refractivity contribution is 5.67. The third kappa shape index (κ3) is 6.61. The molecule has 19 heavy (non-hydrogen) atoms. The van der Waals surface area contributed by atoms with Gasteiger partial charge in [-0.15, -0.1) is 0 Å². The molecule has 0 unspecified atom stereocenters. The molecule has 1 aromatic heterocycles. The first kappa shape index (κ1) is 15.2. The van der Waals surface area contributed by atoms with Crippen molar-refractivity contribution in [2.24, 2.45) is 5.73 Å². The van der Waals surface area contributed by atoms with Gasteiger partial charge in [0.15, 0.2) is 0 Å². The molecule has 0 aliphatic carbocycles. The molecular weight excluding hydrogens is 244 g/mol. The average molecular weight is 266 g/mol. The summed E-state index contributed by atoms with van der Waals surface area (Å²) < 4.78 is 5.12. The van der Waals surface area contributed by atoms with Gasteiger partial charge in [-0.25, -0.2) is 4.79 Å². The van der Waals surface area contributed by atoms with Crippen molar-refractivity contribution in [3.05, 3.63) is 24.0 Å². The van der Waals surface area contributed by atoms with Gasteiger partial charge in [-0.05, 0) is 32.9 Å². The molecule has 0 fully saturated rings. The number of alkyl carbamates (subject to hydrolysis) is 1. The summed E-state index contributed by atoms with van der Waals surface area (Å²) in [6.45, 7) is 6.98. The number of carbonyl (C=O) groups excluding carboxylic acids is 1. The Morgan fingerprint density at radius 3 is 2.79 bits per heavy atom. The summed E-state index contributed by atoms with van der Waals surface area (Å²) in [7, 11) is 0. The van der Waals surface area contributed by atoms with Crippen LogP contribution in [0, 0.1) is 0 Å². The summed E-state index contributed by atoms with van der Waals surface area (Å²) >= 11 is 0. The van der Waals surface area contributed by atoms with E-state index in [0.717, 1.165) is 11.4 Å². The lowest BCUT2D eigenvalue weighted by Gasteiger charge is -2.19. The van der Waals surface area contributed by atoms with Gasteiger partial charge < -0.3 is 21.1 Å². The zero-order valence-electron chi connectivity index (χ0n) is 11.7. The van der Waals surface area contributed by atoms with Crippen molar-refractivity contribution in [2.45, 2.75) is 32.9 Å². The van der Waals surface area contributed by atoms with Gasteiger partial charge in [-0.2, -0.15) is 0 Å². The van der Waals surface area contributed by atoms with Crippen LogP contribution in [0.25, 0.3) is 0 Å². The number of nitrogens with one attached hydrogen (secondary N) is 2. The van der Waals surface area contributed by atoms with Crippen LogP contribution in [-0.2, 0) is 11.3 Å². The predicted octanol–water partition coefficient (Wildman–Crippen LogP) is 1.48. The third-order valence-corrected chi connectivity index (χ3v) is 2.15. The summed E-state index contributed by atoms with van der Waals surface area (Å²) in [5.41, 5.74) is 6.79. The Bertz CT molecular complexity index is 415. The van der Waals surface area contributed by atoms with Gasteiger partial charge in [0.05, 0.1) is 5.69 Å². The second kappa shape index (κ2) is 6.94. The average Bonchev–Trinajstić information content (AvgIpc) is 2.33. The molecule has 1 heterocycles. The molecule has 0 aliphatic heterocycles. The van der Waals surface area contributed by atoms with Crippen molar-refractivity contribution in [1.82, 2.24) is 10.3 Å². The van der Waals surface area contributed by atoms with E-state index < -0.39 is 11.7 Å². The summed E-state index contributed by atoms with van der Waals surface area (Å²) in [4.78, 5) is 15.5. The summed E-state index contributed by atoms with van der Waals surface area (Å²) in [5, 5.41) is 5.85. The predicted molar refractivity (Wildman–Crippen MR) is 74.9 cm³/mol. The standard InChI is InChI=1S/C13H22N4O2/c1-13(2,3)19-12(18)17-7-6-16-10-4-5-15-11(8-10)9-14/h4-5,8H,6-7,9,14H2,1-3H3,(H,15,16)(H,17,18). The Balaban J connectivity index is 2.25. The first-order chi connectivity index (χ1) is 8.90. The van der Waals surface area contributed by atoms with Crippen LogP contribution in [0.3, 0.4) is 0 Å². The molecule has 0 saturated heterocycles. The van der Waals surface area contributed by atoms with E-state index in [1.54, 1.807) is 6.20 Å². The highest BCUT2D eigenvalue weighted by atomic mass is 16.6. The number of nitrogens with two attached hydrogens (primary N) is 1. The molecule has 106 valence electrons. The number of pyridine rings is 1. The summed E-state index contributed by atoms with van der Waals surface area (Å²) in [6, 6.07) is 3.74. The lowest BCUT2D eigenvalue weighted by Crippen LogP contribution is -2.35. The molecule has 0 bridgehead atoms. The van der Waals surface area contributed by atoms with Crippen LogP contribution in [0.4, 0.5) is 10.5 Å². The topological polar surface area (TPSA) is 89.3 Å². The van der Waals surface area contributed by atoms with Crippen LogP contribution in [0.1, 0.15) is 26.5 Å². The maximum Gasteiger partial charge on any atom is 0.407 e. The van der Waals surface area contributed by atoms with E-state index in [2.05, 4.69) is 15.6 Å². The zero-order chi connectivity index (χ0) is 14.3. The maximum atomic E-state index is 11.4. The normalized spacial score (nSPS) is 10.9. The molecule has 0 aromatic carbocycles. The van der Waals surface area contributed by atoms with Gasteiger partial charge in [0.2, 0.25) is 0 Å². The Morgan fingerprint density at radius 2 is 2.16 bits per heavy atom.